The van der Waals surface area contributed by atoms with Crippen molar-refractivity contribution in [2.75, 3.05) is 6.79 Å². The molecule has 3 nitrogen and oxygen atoms in total. The van der Waals surface area contributed by atoms with Gasteiger partial charge in [0.25, 0.3) is 0 Å². The molecule has 2 aromatic rings. The SMILES string of the molecule is C[C@H](C(=O)c1ccccc1)c1ccc2c(c1)OCO2. The van der Waals surface area contributed by atoms with Crippen LogP contribution in [0.25, 0.3) is 0 Å². The molecule has 0 unspecified atom stereocenters. The van der Waals surface area contributed by atoms with Crippen molar-refractivity contribution in [1.29, 1.82) is 0 Å². The normalized spacial score (nSPS) is 14.2. The van der Waals surface area contributed by atoms with Crippen molar-refractivity contribution in [1.82, 2.24) is 0 Å². The number of ether oxygens (including phenoxy) is 2. The van der Waals surface area contributed by atoms with E-state index in [1.165, 1.54) is 0 Å². The number of hydrogen-bond donors (Lipinski definition) is 0. The number of hydrogen-bond acceptors (Lipinski definition) is 3. The van der Waals surface area contributed by atoms with Crippen LogP contribution in [0.2, 0.25) is 0 Å². The van der Waals surface area contributed by atoms with Crippen molar-refractivity contribution in [3.05, 3.63) is 59.7 Å². The van der Waals surface area contributed by atoms with E-state index in [-0.39, 0.29) is 18.5 Å². The zero-order valence-electron chi connectivity index (χ0n) is 10.6. The molecule has 0 saturated heterocycles. The molecule has 96 valence electrons. The fourth-order valence-electron chi connectivity index (χ4n) is 2.19. The molecule has 1 aliphatic rings. The maximum absolute atomic E-state index is 12.4. The summed E-state index contributed by atoms with van der Waals surface area (Å²) in [5, 5.41) is 0. The Morgan fingerprint density at radius 1 is 1.05 bits per heavy atom. The van der Waals surface area contributed by atoms with Gasteiger partial charge in [0.1, 0.15) is 0 Å². The quantitative estimate of drug-likeness (QED) is 0.787. The van der Waals surface area contributed by atoms with Crippen LogP contribution in [0.15, 0.2) is 48.5 Å². The number of rotatable bonds is 3. The monoisotopic (exact) mass is 254 g/mol. The highest BCUT2D eigenvalue weighted by Gasteiger charge is 2.20. The largest absolute Gasteiger partial charge is 0.454 e. The van der Waals surface area contributed by atoms with Crippen LogP contribution in [-0.2, 0) is 0 Å². The first-order valence-corrected chi connectivity index (χ1v) is 6.24. The maximum atomic E-state index is 12.4. The first-order chi connectivity index (χ1) is 9.25. The second-order valence-corrected chi connectivity index (χ2v) is 4.56. The van der Waals surface area contributed by atoms with Crippen LogP contribution >= 0.6 is 0 Å². The number of benzene rings is 2. The minimum absolute atomic E-state index is 0.111. The van der Waals surface area contributed by atoms with Gasteiger partial charge in [0.15, 0.2) is 17.3 Å². The van der Waals surface area contributed by atoms with E-state index in [1.807, 2.05) is 55.5 Å². The van der Waals surface area contributed by atoms with Gasteiger partial charge in [-0.2, -0.15) is 0 Å². The van der Waals surface area contributed by atoms with Crippen LogP contribution in [-0.4, -0.2) is 12.6 Å². The van der Waals surface area contributed by atoms with Crippen molar-refractivity contribution < 1.29 is 14.3 Å². The van der Waals surface area contributed by atoms with Crippen molar-refractivity contribution in [3.8, 4) is 11.5 Å². The third kappa shape index (κ3) is 2.19. The molecule has 0 aliphatic carbocycles. The molecule has 3 heteroatoms. The standard InChI is InChI=1S/C16H14O3/c1-11(16(17)12-5-3-2-4-6-12)13-7-8-14-15(9-13)19-10-18-14/h2-9,11H,10H2,1H3/t11-/m0/s1. The van der Waals surface area contributed by atoms with E-state index in [2.05, 4.69) is 0 Å². The summed E-state index contributed by atoms with van der Waals surface area (Å²) in [6, 6.07) is 15.0. The molecule has 0 bridgehead atoms. The van der Waals surface area contributed by atoms with Gasteiger partial charge >= 0.3 is 0 Å². The average Bonchev–Trinajstić information content (AvgIpc) is 2.94. The second-order valence-electron chi connectivity index (χ2n) is 4.56. The van der Waals surface area contributed by atoms with Crippen molar-refractivity contribution >= 4 is 5.78 Å². The molecule has 0 amide bonds. The van der Waals surface area contributed by atoms with Gasteiger partial charge in [-0.3, -0.25) is 4.79 Å². The van der Waals surface area contributed by atoms with Crippen LogP contribution in [0.3, 0.4) is 0 Å². The van der Waals surface area contributed by atoms with Gasteiger partial charge in [-0.15, -0.1) is 0 Å². The second kappa shape index (κ2) is 4.76. The smallest absolute Gasteiger partial charge is 0.231 e. The highest BCUT2D eigenvalue weighted by Crippen LogP contribution is 2.35. The Balaban J connectivity index is 1.88. The Hall–Kier alpha value is -2.29. The predicted molar refractivity (Wildman–Crippen MR) is 71.8 cm³/mol. The maximum Gasteiger partial charge on any atom is 0.231 e. The molecule has 19 heavy (non-hydrogen) atoms. The molecule has 0 aromatic heterocycles. The van der Waals surface area contributed by atoms with Gasteiger partial charge in [-0.25, -0.2) is 0 Å². The Kier molecular flexibility index (Phi) is 2.95. The summed E-state index contributed by atoms with van der Waals surface area (Å²) < 4.78 is 10.6. The Morgan fingerprint density at radius 2 is 1.79 bits per heavy atom. The summed E-state index contributed by atoms with van der Waals surface area (Å²) in [4.78, 5) is 12.4. The van der Waals surface area contributed by atoms with Crippen molar-refractivity contribution in [2.24, 2.45) is 0 Å². The van der Waals surface area contributed by atoms with Crippen molar-refractivity contribution in [2.45, 2.75) is 12.8 Å². The van der Waals surface area contributed by atoms with Crippen LogP contribution < -0.4 is 9.47 Å². The Morgan fingerprint density at radius 3 is 2.58 bits per heavy atom. The number of Topliss-reactive ketones (excluding diaryl/α,β-unsaturated/α-hetero) is 1. The minimum atomic E-state index is -0.197. The molecular weight excluding hydrogens is 240 g/mol. The van der Waals surface area contributed by atoms with E-state index in [1.54, 1.807) is 0 Å². The molecule has 0 N–H and O–H groups in total. The van der Waals surface area contributed by atoms with E-state index in [9.17, 15) is 4.79 Å². The molecule has 0 saturated carbocycles. The van der Waals surface area contributed by atoms with E-state index in [4.69, 9.17) is 9.47 Å². The molecule has 0 fully saturated rings. The summed E-state index contributed by atoms with van der Waals surface area (Å²) in [5.74, 6) is 1.37. The third-order valence-corrected chi connectivity index (χ3v) is 3.35. The first-order valence-electron chi connectivity index (χ1n) is 6.24. The summed E-state index contributed by atoms with van der Waals surface area (Å²) in [6.07, 6.45) is 0. The van der Waals surface area contributed by atoms with Gasteiger partial charge < -0.3 is 9.47 Å². The van der Waals surface area contributed by atoms with E-state index in [0.717, 1.165) is 16.9 Å². The van der Waals surface area contributed by atoms with Crippen molar-refractivity contribution in [3.63, 3.8) is 0 Å². The number of ketones is 1. The summed E-state index contributed by atoms with van der Waals surface area (Å²) in [6.45, 7) is 2.16. The molecule has 0 radical (unpaired) electrons. The molecule has 1 aliphatic heterocycles. The summed E-state index contributed by atoms with van der Waals surface area (Å²) >= 11 is 0. The van der Waals surface area contributed by atoms with Crippen LogP contribution in [0.4, 0.5) is 0 Å². The predicted octanol–water partition coefficient (Wildman–Crippen LogP) is 3.40. The third-order valence-electron chi connectivity index (χ3n) is 3.35. The van der Waals surface area contributed by atoms with Gasteiger partial charge in [0.2, 0.25) is 6.79 Å². The molecule has 1 heterocycles. The topological polar surface area (TPSA) is 35.5 Å². The number of carbonyl (C=O) groups is 1. The van der Waals surface area contributed by atoms with E-state index in [0.29, 0.717) is 5.75 Å². The zero-order chi connectivity index (χ0) is 13.2. The van der Waals surface area contributed by atoms with Gasteiger partial charge in [-0.1, -0.05) is 43.3 Å². The lowest BCUT2D eigenvalue weighted by Gasteiger charge is -2.11. The van der Waals surface area contributed by atoms with Crippen LogP contribution in [0.1, 0.15) is 28.8 Å². The summed E-state index contributed by atoms with van der Waals surface area (Å²) in [7, 11) is 0. The number of fused-ring (bicyclic) bond motifs is 1. The molecular formula is C16H14O3. The van der Waals surface area contributed by atoms with E-state index < -0.39 is 0 Å². The highest BCUT2D eigenvalue weighted by atomic mass is 16.7. The van der Waals surface area contributed by atoms with Gasteiger partial charge in [0, 0.05) is 11.5 Å². The first kappa shape index (κ1) is 11.8. The lowest BCUT2D eigenvalue weighted by atomic mass is 9.92. The number of carbonyl (C=O) groups excluding carboxylic acids is 1. The Labute approximate surface area is 111 Å². The molecule has 2 aromatic carbocycles. The lowest BCUT2D eigenvalue weighted by molar-refractivity contribution is 0.0966. The minimum Gasteiger partial charge on any atom is -0.454 e. The fraction of sp³-hybridized carbons (Fsp3) is 0.188. The average molecular weight is 254 g/mol. The fourth-order valence-corrected chi connectivity index (χ4v) is 2.19. The Bertz CT molecular complexity index is 605. The van der Waals surface area contributed by atoms with Gasteiger partial charge in [0.05, 0.1) is 0 Å². The van der Waals surface area contributed by atoms with Crippen LogP contribution in [0, 0.1) is 0 Å². The zero-order valence-corrected chi connectivity index (χ0v) is 10.6. The van der Waals surface area contributed by atoms with Crippen LogP contribution in [0.5, 0.6) is 11.5 Å². The highest BCUT2D eigenvalue weighted by molar-refractivity contribution is 6.00. The molecule has 1 atom stereocenters. The van der Waals surface area contributed by atoms with Gasteiger partial charge in [-0.05, 0) is 17.7 Å². The van der Waals surface area contributed by atoms with E-state index >= 15 is 0 Å². The summed E-state index contributed by atoms with van der Waals surface area (Å²) in [5.41, 5.74) is 1.67. The lowest BCUT2D eigenvalue weighted by Crippen LogP contribution is -2.09. The molecule has 0 spiro atoms. The molecule has 3 rings (SSSR count).